The molecule has 1 unspecified atom stereocenters. The third-order valence-corrected chi connectivity index (χ3v) is 3.80. The minimum absolute atomic E-state index is 0.322. The average Bonchev–Trinajstić information content (AvgIpc) is 2.90. The molecule has 2 aromatic carbocycles. The van der Waals surface area contributed by atoms with Gasteiger partial charge in [0.05, 0.1) is 5.52 Å². The smallest absolute Gasteiger partial charge is 0.183 e. The first-order valence-electron chi connectivity index (χ1n) is 7.45. The summed E-state index contributed by atoms with van der Waals surface area (Å²) in [6.45, 7) is 2.63. The molecule has 0 fully saturated rings. The molecular weight excluding hydrogens is 276 g/mol. The number of rotatable bonds is 5. The summed E-state index contributed by atoms with van der Waals surface area (Å²) in [7, 11) is 0. The van der Waals surface area contributed by atoms with Gasteiger partial charge in [-0.3, -0.25) is 0 Å². The van der Waals surface area contributed by atoms with Gasteiger partial charge in [0.25, 0.3) is 0 Å². The highest BCUT2D eigenvalue weighted by atomic mass is 16.6. The summed E-state index contributed by atoms with van der Waals surface area (Å²) in [5, 5.41) is 11.4. The Hall–Kier alpha value is -2.14. The Labute approximate surface area is 129 Å². The molecule has 3 N–H and O–H groups in total. The number of benzene rings is 2. The lowest BCUT2D eigenvalue weighted by molar-refractivity contribution is -0.0975. The van der Waals surface area contributed by atoms with Crippen LogP contribution in [0.2, 0.25) is 0 Å². The highest BCUT2D eigenvalue weighted by Gasteiger charge is 2.22. The van der Waals surface area contributed by atoms with E-state index in [1.165, 1.54) is 0 Å². The summed E-state index contributed by atoms with van der Waals surface area (Å²) in [4.78, 5) is 0. The molecule has 1 heterocycles. The van der Waals surface area contributed by atoms with Crippen LogP contribution in [0, 0.1) is 0 Å². The number of aliphatic hydroxyl groups is 1. The van der Waals surface area contributed by atoms with Crippen LogP contribution in [-0.4, -0.2) is 16.3 Å². The number of ether oxygens (including phenoxy) is 1. The number of hydrogen-bond acceptors (Lipinski definition) is 3. The van der Waals surface area contributed by atoms with Crippen molar-refractivity contribution in [1.82, 2.24) is 4.57 Å². The zero-order valence-electron chi connectivity index (χ0n) is 12.6. The third-order valence-electron chi connectivity index (χ3n) is 3.80. The monoisotopic (exact) mass is 296 g/mol. The minimum atomic E-state index is -0.974. The first-order valence-corrected chi connectivity index (χ1v) is 7.45. The predicted octanol–water partition coefficient (Wildman–Crippen LogP) is 3.12. The van der Waals surface area contributed by atoms with Crippen molar-refractivity contribution in [3.63, 3.8) is 0 Å². The van der Waals surface area contributed by atoms with Gasteiger partial charge in [-0.1, -0.05) is 36.4 Å². The summed E-state index contributed by atoms with van der Waals surface area (Å²) < 4.78 is 7.50. The zero-order chi connectivity index (χ0) is 15.5. The highest BCUT2D eigenvalue weighted by molar-refractivity contribution is 5.87. The van der Waals surface area contributed by atoms with Gasteiger partial charge in [-0.25, -0.2) is 0 Å². The largest absolute Gasteiger partial charge is 0.364 e. The lowest BCUT2D eigenvalue weighted by Gasteiger charge is -2.14. The number of nitrogens with zero attached hydrogens (tertiary/aromatic N) is 1. The van der Waals surface area contributed by atoms with Crippen molar-refractivity contribution in [3.8, 4) is 5.69 Å². The van der Waals surface area contributed by atoms with E-state index in [-0.39, 0.29) is 0 Å². The molecule has 3 rings (SSSR count). The van der Waals surface area contributed by atoms with Crippen molar-refractivity contribution in [1.29, 1.82) is 0 Å². The Kier molecular flexibility index (Phi) is 4.24. The van der Waals surface area contributed by atoms with Crippen LogP contribution in [0.1, 0.15) is 24.5 Å². The van der Waals surface area contributed by atoms with Gasteiger partial charge in [-0.2, -0.15) is 0 Å². The summed E-state index contributed by atoms with van der Waals surface area (Å²) >= 11 is 0. The van der Waals surface area contributed by atoms with Crippen LogP contribution in [0.25, 0.3) is 16.6 Å². The van der Waals surface area contributed by atoms with Gasteiger partial charge in [0.1, 0.15) is 0 Å². The van der Waals surface area contributed by atoms with E-state index in [2.05, 4.69) is 4.57 Å². The number of fused-ring (bicyclic) bond motifs is 1. The van der Waals surface area contributed by atoms with Crippen LogP contribution < -0.4 is 5.73 Å². The van der Waals surface area contributed by atoms with Gasteiger partial charge in [-0.15, -0.1) is 0 Å². The molecule has 1 aromatic heterocycles. The number of hydrogen-bond donors (Lipinski definition) is 2. The molecule has 22 heavy (non-hydrogen) atoms. The van der Waals surface area contributed by atoms with Crippen molar-refractivity contribution >= 4 is 10.9 Å². The maximum Gasteiger partial charge on any atom is 0.183 e. The van der Waals surface area contributed by atoms with Crippen LogP contribution in [0.3, 0.4) is 0 Å². The van der Waals surface area contributed by atoms with Gasteiger partial charge >= 0.3 is 0 Å². The quantitative estimate of drug-likeness (QED) is 0.711. The van der Waals surface area contributed by atoms with Crippen LogP contribution in [-0.2, 0) is 11.3 Å². The fourth-order valence-corrected chi connectivity index (χ4v) is 2.91. The maximum absolute atomic E-state index is 10.4. The van der Waals surface area contributed by atoms with Gasteiger partial charge < -0.3 is 20.1 Å². The zero-order valence-corrected chi connectivity index (χ0v) is 12.6. The summed E-state index contributed by atoms with van der Waals surface area (Å²) in [6.07, 6.45) is -0.974. The lowest BCUT2D eigenvalue weighted by Crippen LogP contribution is -2.11. The summed E-state index contributed by atoms with van der Waals surface area (Å²) in [5.74, 6) is 0. The van der Waals surface area contributed by atoms with E-state index in [9.17, 15) is 5.11 Å². The number of para-hydroxylation sites is 2. The molecule has 1 atom stereocenters. The normalized spacial score (nSPS) is 12.7. The SMILES string of the molecule is CCOC(O)c1c(CN)n(-c2ccccc2)c2ccccc12. The second kappa shape index (κ2) is 6.32. The van der Waals surface area contributed by atoms with E-state index < -0.39 is 6.29 Å². The molecule has 0 saturated carbocycles. The fraction of sp³-hybridized carbons (Fsp3) is 0.222. The van der Waals surface area contributed by atoms with E-state index in [1.807, 2.05) is 61.5 Å². The van der Waals surface area contributed by atoms with Gasteiger partial charge in [0.2, 0.25) is 0 Å². The molecule has 0 radical (unpaired) electrons. The van der Waals surface area contributed by atoms with Gasteiger partial charge in [0, 0.05) is 35.5 Å². The Bertz CT molecular complexity index is 765. The van der Waals surface area contributed by atoms with Crippen LogP contribution >= 0.6 is 0 Å². The van der Waals surface area contributed by atoms with E-state index >= 15 is 0 Å². The Balaban J connectivity index is 2.32. The first kappa shape index (κ1) is 14.8. The van der Waals surface area contributed by atoms with Crippen molar-refractivity contribution < 1.29 is 9.84 Å². The van der Waals surface area contributed by atoms with Gasteiger partial charge in [0.15, 0.2) is 6.29 Å². The molecule has 0 aliphatic rings. The van der Waals surface area contributed by atoms with Crippen molar-refractivity contribution in [2.24, 2.45) is 5.73 Å². The molecule has 0 amide bonds. The molecule has 4 heteroatoms. The first-order chi connectivity index (χ1) is 10.8. The Morgan fingerprint density at radius 1 is 1.09 bits per heavy atom. The summed E-state index contributed by atoms with van der Waals surface area (Å²) in [5.41, 5.74) is 9.66. The minimum Gasteiger partial charge on any atom is -0.364 e. The van der Waals surface area contributed by atoms with Crippen molar-refractivity contribution in [2.45, 2.75) is 19.8 Å². The molecule has 4 nitrogen and oxygen atoms in total. The van der Waals surface area contributed by atoms with E-state index in [4.69, 9.17) is 10.5 Å². The number of aliphatic hydroxyl groups excluding tert-OH is 1. The second-order valence-corrected chi connectivity index (χ2v) is 5.06. The molecule has 114 valence electrons. The van der Waals surface area contributed by atoms with E-state index in [0.29, 0.717) is 13.2 Å². The molecule has 3 aromatic rings. The van der Waals surface area contributed by atoms with Crippen LogP contribution in [0.15, 0.2) is 54.6 Å². The topological polar surface area (TPSA) is 60.4 Å². The third kappa shape index (κ3) is 2.41. The molecule has 0 aliphatic carbocycles. The Morgan fingerprint density at radius 2 is 1.77 bits per heavy atom. The van der Waals surface area contributed by atoms with Crippen molar-refractivity contribution in [3.05, 3.63) is 65.9 Å². The molecule has 0 aliphatic heterocycles. The highest BCUT2D eigenvalue weighted by Crippen LogP contribution is 2.33. The van der Waals surface area contributed by atoms with Crippen LogP contribution in [0.5, 0.6) is 0 Å². The molecule has 0 spiro atoms. The second-order valence-electron chi connectivity index (χ2n) is 5.06. The van der Waals surface area contributed by atoms with Crippen LogP contribution in [0.4, 0.5) is 0 Å². The van der Waals surface area contributed by atoms with E-state index in [0.717, 1.165) is 27.8 Å². The van der Waals surface area contributed by atoms with E-state index in [1.54, 1.807) is 0 Å². The number of aromatic nitrogens is 1. The maximum atomic E-state index is 10.4. The molecule has 0 saturated heterocycles. The molecular formula is C18H20N2O2. The average molecular weight is 296 g/mol. The predicted molar refractivity (Wildman–Crippen MR) is 87.8 cm³/mol. The Morgan fingerprint density at radius 3 is 2.45 bits per heavy atom. The van der Waals surface area contributed by atoms with Gasteiger partial charge in [-0.05, 0) is 25.1 Å². The standard InChI is InChI=1S/C18H20N2O2/c1-2-22-18(21)17-14-10-6-7-11-15(14)20(16(17)12-19)13-8-4-3-5-9-13/h3-11,18,21H,2,12,19H2,1H3. The molecule has 0 bridgehead atoms. The summed E-state index contributed by atoms with van der Waals surface area (Å²) in [6, 6.07) is 18.0. The van der Waals surface area contributed by atoms with Crippen molar-refractivity contribution in [2.75, 3.05) is 6.61 Å². The number of nitrogens with two attached hydrogens (primary N) is 1. The lowest BCUT2D eigenvalue weighted by atomic mass is 10.1. The fourth-order valence-electron chi connectivity index (χ4n) is 2.91.